The number of benzene rings is 1. The molecular weight excluding hydrogens is 234 g/mol. The van der Waals surface area contributed by atoms with E-state index in [0.29, 0.717) is 5.92 Å². The van der Waals surface area contributed by atoms with Gasteiger partial charge in [-0.15, -0.1) is 0 Å². The van der Waals surface area contributed by atoms with Gasteiger partial charge in [-0.1, -0.05) is 32.0 Å². The van der Waals surface area contributed by atoms with E-state index in [-0.39, 0.29) is 0 Å². The first-order chi connectivity index (χ1) is 9.11. The lowest BCUT2D eigenvalue weighted by atomic mass is 9.92. The molecule has 1 unspecified atom stereocenters. The Bertz CT molecular complexity index is 528. The third-order valence-corrected chi connectivity index (χ3v) is 3.61. The highest BCUT2D eigenvalue weighted by Gasteiger charge is 2.15. The van der Waals surface area contributed by atoms with Gasteiger partial charge in [-0.25, -0.2) is 0 Å². The topological polar surface area (TPSA) is 29.9 Å². The van der Waals surface area contributed by atoms with E-state index in [1.54, 1.807) is 0 Å². The summed E-state index contributed by atoms with van der Waals surface area (Å²) in [5.74, 6) is 1.39. The Labute approximate surface area is 116 Å². The fourth-order valence-corrected chi connectivity index (χ4v) is 2.91. The molecule has 19 heavy (non-hydrogen) atoms. The van der Waals surface area contributed by atoms with E-state index < -0.39 is 0 Å². The molecule has 0 amide bonds. The summed E-state index contributed by atoms with van der Waals surface area (Å²) in [5, 5.41) is 9.32. The minimum atomic E-state index is 0.656. The highest BCUT2D eigenvalue weighted by atomic mass is 15.3. The molecule has 0 radical (unpaired) electrons. The van der Waals surface area contributed by atoms with Crippen molar-refractivity contribution in [2.45, 2.75) is 26.7 Å². The summed E-state index contributed by atoms with van der Waals surface area (Å²) in [6.07, 6.45) is 2.30. The van der Waals surface area contributed by atoms with Crippen molar-refractivity contribution in [3.63, 3.8) is 0 Å². The van der Waals surface area contributed by atoms with E-state index in [0.717, 1.165) is 18.9 Å². The predicted octanol–water partition coefficient (Wildman–Crippen LogP) is 3.00. The van der Waals surface area contributed by atoms with Gasteiger partial charge in [0.15, 0.2) is 0 Å². The predicted molar refractivity (Wildman–Crippen MR) is 81.3 cm³/mol. The molecular formula is C16H25N3. The Morgan fingerprint density at radius 2 is 2.00 bits per heavy atom. The van der Waals surface area contributed by atoms with Gasteiger partial charge in [-0.2, -0.15) is 5.10 Å². The first-order valence-corrected chi connectivity index (χ1v) is 7.17. The molecule has 0 aliphatic carbocycles. The summed E-state index contributed by atoms with van der Waals surface area (Å²) in [6, 6.07) is 8.50. The molecule has 0 aliphatic heterocycles. The maximum atomic E-state index is 4.71. The second-order valence-electron chi connectivity index (χ2n) is 5.84. The molecule has 3 nitrogen and oxygen atoms in total. The Balaban J connectivity index is 2.23. The monoisotopic (exact) mass is 259 g/mol. The molecule has 1 aromatic heterocycles. The number of nitrogens with one attached hydrogen (secondary N) is 1. The van der Waals surface area contributed by atoms with Gasteiger partial charge >= 0.3 is 0 Å². The Morgan fingerprint density at radius 3 is 2.68 bits per heavy atom. The molecule has 1 aromatic carbocycles. The third kappa shape index (κ3) is 3.35. The largest absolute Gasteiger partial charge is 0.319 e. The molecule has 0 bridgehead atoms. The fourth-order valence-electron chi connectivity index (χ4n) is 2.91. The zero-order valence-corrected chi connectivity index (χ0v) is 12.5. The highest BCUT2D eigenvalue weighted by Crippen LogP contribution is 2.22. The minimum absolute atomic E-state index is 0.656. The van der Waals surface area contributed by atoms with Crippen molar-refractivity contribution in [1.82, 2.24) is 15.1 Å². The zero-order valence-electron chi connectivity index (χ0n) is 12.5. The summed E-state index contributed by atoms with van der Waals surface area (Å²) in [5.41, 5.74) is 2.46. The normalized spacial score (nSPS) is 13.3. The van der Waals surface area contributed by atoms with Crippen LogP contribution >= 0.6 is 0 Å². The van der Waals surface area contributed by atoms with E-state index in [2.05, 4.69) is 43.4 Å². The molecule has 0 aliphatic rings. The summed E-state index contributed by atoms with van der Waals surface area (Å²) < 4.78 is 2.00. The first-order valence-electron chi connectivity index (χ1n) is 7.17. The molecule has 1 atom stereocenters. The lowest BCUT2D eigenvalue weighted by Crippen LogP contribution is -2.22. The van der Waals surface area contributed by atoms with Crippen LogP contribution in [0.4, 0.5) is 0 Å². The zero-order chi connectivity index (χ0) is 13.8. The Hall–Kier alpha value is -1.35. The van der Waals surface area contributed by atoms with Crippen molar-refractivity contribution >= 4 is 10.9 Å². The van der Waals surface area contributed by atoms with Crippen molar-refractivity contribution in [2.75, 3.05) is 13.6 Å². The summed E-state index contributed by atoms with van der Waals surface area (Å²) in [7, 11) is 4.06. The molecule has 104 valence electrons. The minimum Gasteiger partial charge on any atom is -0.319 e. The lowest BCUT2D eigenvalue weighted by Gasteiger charge is -2.17. The van der Waals surface area contributed by atoms with Crippen molar-refractivity contribution < 1.29 is 0 Å². The number of nitrogens with zero attached hydrogens (tertiary/aromatic N) is 2. The van der Waals surface area contributed by atoms with Gasteiger partial charge in [0.1, 0.15) is 0 Å². The van der Waals surface area contributed by atoms with Crippen molar-refractivity contribution in [3.8, 4) is 0 Å². The van der Waals surface area contributed by atoms with E-state index >= 15 is 0 Å². The summed E-state index contributed by atoms with van der Waals surface area (Å²) in [4.78, 5) is 0. The van der Waals surface area contributed by atoms with Gasteiger partial charge in [0.25, 0.3) is 0 Å². The molecule has 1 N–H and O–H groups in total. The van der Waals surface area contributed by atoms with Crippen molar-refractivity contribution in [1.29, 1.82) is 0 Å². The number of hydrogen-bond donors (Lipinski definition) is 1. The molecule has 2 aromatic rings. The SMILES string of the molecule is CNCC(Cc1nn(C)c2ccccc12)CC(C)C. The van der Waals surface area contributed by atoms with Crippen LogP contribution < -0.4 is 5.32 Å². The molecule has 3 heteroatoms. The molecule has 0 saturated heterocycles. The van der Waals surface area contributed by atoms with Crippen LogP contribution in [0, 0.1) is 11.8 Å². The van der Waals surface area contributed by atoms with Crippen LogP contribution in [0.25, 0.3) is 10.9 Å². The molecule has 2 rings (SSSR count). The standard InChI is InChI=1S/C16H25N3/c1-12(2)9-13(11-17-3)10-15-14-7-5-6-8-16(14)19(4)18-15/h5-8,12-13,17H,9-11H2,1-4H3. The number of aromatic nitrogens is 2. The smallest absolute Gasteiger partial charge is 0.0706 e. The van der Waals surface area contributed by atoms with Crippen LogP contribution in [0.2, 0.25) is 0 Å². The first kappa shape index (κ1) is 14.1. The lowest BCUT2D eigenvalue weighted by molar-refractivity contribution is 0.392. The van der Waals surface area contributed by atoms with Gasteiger partial charge in [0.2, 0.25) is 0 Å². The van der Waals surface area contributed by atoms with Crippen LogP contribution in [0.5, 0.6) is 0 Å². The van der Waals surface area contributed by atoms with E-state index in [9.17, 15) is 0 Å². The third-order valence-electron chi connectivity index (χ3n) is 3.61. The van der Waals surface area contributed by atoms with Crippen molar-refractivity contribution in [3.05, 3.63) is 30.0 Å². The fraction of sp³-hybridized carbons (Fsp3) is 0.562. The van der Waals surface area contributed by atoms with Crippen LogP contribution in [0.15, 0.2) is 24.3 Å². The maximum Gasteiger partial charge on any atom is 0.0706 e. The van der Waals surface area contributed by atoms with Gasteiger partial charge in [0, 0.05) is 12.4 Å². The van der Waals surface area contributed by atoms with Crippen LogP contribution in [-0.4, -0.2) is 23.4 Å². The average Bonchev–Trinajstić information content (AvgIpc) is 2.67. The summed E-state index contributed by atoms with van der Waals surface area (Å²) in [6.45, 7) is 5.64. The van der Waals surface area contributed by atoms with Gasteiger partial charge in [-0.3, -0.25) is 4.68 Å². The maximum absolute atomic E-state index is 4.71. The van der Waals surface area contributed by atoms with E-state index in [1.807, 2.05) is 18.8 Å². The number of aryl methyl sites for hydroxylation is 1. The Kier molecular flexibility index (Phi) is 4.59. The van der Waals surface area contributed by atoms with E-state index in [4.69, 9.17) is 5.10 Å². The molecule has 0 saturated carbocycles. The van der Waals surface area contributed by atoms with Crippen LogP contribution in [0.3, 0.4) is 0 Å². The Morgan fingerprint density at radius 1 is 1.26 bits per heavy atom. The second-order valence-corrected chi connectivity index (χ2v) is 5.84. The molecule has 1 heterocycles. The highest BCUT2D eigenvalue weighted by molar-refractivity contribution is 5.81. The van der Waals surface area contributed by atoms with E-state index in [1.165, 1.54) is 23.0 Å². The van der Waals surface area contributed by atoms with Gasteiger partial charge in [-0.05, 0) is 44.3 Å². The number of rotatable bonds is 6. The van der Waals surface area contributed by atoms with Gasteiger partial charge in [0.05, 0.1) is 11.2 Å². The van der Waals surface area contributed by atoms with Crippen LogP contribution in [-0.2, 0) is 13.5 Å². The molecule has 0 fully saturated rings. The van der Waals surface area contributed by atoms with Gasteiger partial charge < -0.3 is 5.32 Å². The van der Waals surface area contributed by atoms with Crippen molar-refractivity contribution in [2.24, 2.45) is 18.9 Å². The number of fused-ring (bicyclic) bond motifs is 1. The number of para-hydroxylation sites is 1. The van der Waals surface area contributed by atoms with Crippen LogP contribution in [0.1, 0.15) is 26.0 Å². The number of hydrogen-bond acceptors (Lipinski definition) is 2. The molecule has 0 spiro atoms. The quantitative estimate of drug-likeness (QED) is 0.864. The second kappa shape index (κ2) is 6.20. The average molecular weight is 259 g/mol. The summed E-state index contributed by atoms with van der Waals surface area (Å²) >= 11 is 0.